The van der Waals surface area contributed by atoms with Crippen molar-refractivity contribution >= 4 is 5.97 Å². The smallest absolute Gasteiger partial charge is 0.336 e. The van der Waals surface area contributed by atoms with Crippen molar-refractivity contribution in [3.63, 3.8) is 0 Å². The fourth-order valence-electron chi connectivity index (χ4n) is 1.49. The lowest BCUT2D eigenvalue weighted by molar-refractivity contribution is 0.0697. The standard InChI is InChI=1S/C11H11N3O2/c1-2-14-7-8(5-13-14)10-6-12-4-3-9(10)11(15)16/h3-7H,2H2,1H3,(H,15,16). The third-order valence-corrected chi connectivity index (χ3v) is 2.32. The van der Waals surface area contributed by atoms with Crippen LogP contribution in [0.1, 0.15) is 17.3 Å². The average Bonchev–Trinajstić information content (AvgIpc) is 2.77. The van der Waals surface area contributed by atoms with Crippen LogP contribution < -0.4 is 0 Å². The van der Waals surface area contributed by atoms with Gasteiger partial charge in [-0.1, -0.05) is 0 Å². The van der Waals surface area contributed by atoms with E-state index in [9.17, 15) is 4.79 Å². The van der Waals surface area contributed by atoms with E-state index in [1.54, 1.807) is 17.1 Å². The second-order valence-electron chi connectivity index (χ2n) is 3.31. The number of nitrogens with zero attached hydrogens (tertiary/aromatic N) is 3. The zero-order valence-corrected chi connectivity index (χ0v) is 8.79. The topological polar surface area (TPSA) is 68.0 Å². The normalized spacial score (nSPS) is 10.3. The van der Waals surface area contributed by atoms with Crippen LogP contribution in [0.25, 0.3) is 11.1 Å². The van der Waals surface area contributed by atoms with Crippen molar-refractivity contribution < 1.29 is 9.90 Å². The maximum absolute atomic E-state index is 11.0. The minimum atomic E-state index is -0.957. The fraction of sp³-hybridized carbons (Fsp3) is 0.182. The molecule has 0 saturated heterocycles. The number of aromatic nitrogens is 3. The Balaban J connectivity index is 2.50. The van der Waals surface area contributed by atoms with Gasteiger partial charge in [0.2, 0.25) is 0 Å². The highest BCUT2D eigenvalue weighted by molar-refractivity contribution is 5.95. The molecule has 82 valence electrons. The van der Waals surface area contributed by atoms with Crippen molar-refractivity contribution in [2.75, 3.05) is 0 Å². The van der Waals surface area contributed by atoms with Gasteiger partial charge in [-0.05, 0) is 13.0 Å². The summed E-state index contributed by atoms with van der Waals surface area (Å²) in [6.07, 6.45) is 6.47. The maximum Gasteiger partial charge on any atom is 0.336 e. The van der Waals surface area contributed by atoms with Crippen LogP contribution in [0.3, 0.4) is 0 Å². The molecule has 2 aromatic heterocycles. The fourth-order valence-corrected chi connectivity index (χ4v) is 1.49. The zero-order chi connectivity index (χ0) is 11.5. The second-order valence-corrected chi connectivity index (χ2v) is 3.31. The zero-order valence-electron chi connectivity index (χ0n) is 8.79. The number of aryl methyl sites for hydroxylation is 1. The minimum Gasteiger partial charge on any atom is -0.478 e. The molecule has 0 aromatic carbocycles. The molecule has 0 unspecified atom stereocenters. The lowest BCUT2D eigenvalue weighted by Gasteiger charge is -2.01. The third kappa shape index (κ3) is 1.79. The Labute approximate surface area is 92.4 Å². The molecule has 0 aliphatic heterocycles. The number of carbonyl (C=O) groups is 1. The number of hydrogen-bond donors (Lipinski definition) is 1. The number of pyridine rings is 1. The summed E-state index contributed by atoms with van der Waals surface area (Å²) in [5.41, 5.74) is 1.60. The van der Waals surface area contributed by atoms with Crippen LogP contribution in [0.4, 0.5) is 0 Å². The highest BCUT2D eigenvalue weighted by Crippen LogP contribution is 2.21. The minimum absolute atomic E-state index is 0.241. The van der Waals surface area contributed by atoms with Gasteiger partial charge in [0.15, 0.2) is 0 Å². The molecular weight excluding hydrogens is 206 g/mol. The predicted octanol–water partition coefficient (Wildman–Crippen LogP) is 1.66. The molecule has 0 spiro atoms. The quantitative estimate of drug-likeness (QED) is 0.849. The Morgan fingerprint density at radius 3 is 2.94 bits per heavy atom. The van der Waals surface area contributed by atoms with Gasteiger partial charge in [0.1, 0.15) is 0 Å². The average molecular weight is 217 g/mol. The highest BCUT2D eigenvalue weighted by Gasteiger charge is 2.12. The van der Waals surface area contributed by atoms with Gasteiger partial charge < -0.3 is 5.11 Å². The van der Waals surface area contributed by atoms with E-state index in [2.05, 4.69) is 10.1 Å². The number of carboxylic acid groups (broad SMARTS) is 1. The summed E-state index contributed by atoms with van der Waals surface area (Å²) in [6.45, 7) is 2.72. The predicted molar refractivity (Wildman–Crippen MR) is 58.1 cm³/mol. The first-order chi connectivity index (χ1) is 7.72. The van der Waals surface area contributed by atoms with Gasteiger partial charge in [-0.2, -0.15) is 5.10 Å². The monoisotopic (exact) mass is 217 g/mol. The van der Waals surface area contributed by atoms with Gasteiger partial charge in [0, 0.05) is 36.3 Å². The molecule has 5 nitrogen and oxygen atoms in total. The lowest BCUT2D eigenvalue weighted by Crippen LogP contribution is -1.99. The lowest BCUT2D eigenvalue weighted by atomic mass is 10.1. The van der Waals surface area contributed by atoms with Crippen molar-refractivity contribution in [3.05, 3.63) is 36.4 Å². The first kappa shape index (κ1) is 10.4. The number of aromatic carboxylic acids is 1. The molecular formula is C11H11N3O2. The highest BCUT2D eigenvalue weighted by atomic mass is 16.4. The summed E-state index contributed by atoms with van der Waals surface area (Å²) >= 11 is 0. The van der Waals surface area contributed by atoms with E-state index in [0.29, 0.717) is 5.56 Å². The van der Waals surface area contributed by atoms with Crippen LogP contribution in [0.2, 0.25) is 0 Å². The molecule has 1 N–H and O–H groups in total. The summed E-state index contributed by atoms with van der Waals surface area (Å²) < 4.78 is 1.74. The van der Waals surface area contributed by atoms with Gasteiger partial charge in [-0.15, -0.1) is 0 Å². The summed E-state index contributed by atoms with van der Waals surface area (Å²) in [4.78, 5) is 15.0. The van der Waals surface area contributed by atoms with Gasteiger partial charge in [-0.3, -0.25) is 9.67 Å². The molecule has 2 aromatic rings. The van der Waals surface area contributed by atoms with Gasteiger partial charge in [-0.25, -0.2) is 4.79 Å². The van der Waals surface area contributed by atoms with Crippen molar-refractivity contribution in [2.24, 2.45) is 0 Å². The van der Waals surface area contributed by atoms with Crippen LogP contribution >= 0.6 is 0 Å². The maximum atomic E-state index is 11.0. The van der Waals surface area contributed by atoms with Crippen LogP contribution in [0, 0.1) is 0 Å². The summed E-state index contributed by atoms with van der Waals surface area (Å²) in [7, 11) is 0. The van der Waals surface area contributed by atoms with Crippen molar-refractivity contribution in [1.29, 1.82) is 0 Å². The molecule has 2 rings (SSSR count). The third-order valence-electron chi connectivity index (χ3n) is 2.32. The van der Waals surface area contributed by atoms with E-state index in [1.807, 2.05) is 13.1 Å². The first-order valence-electron chi connectivity index (χ1n) is 4.92. The van der Waals surface area contributed by atoms with E-state index in [1.165, 1.54) is 12.3 Å². The summed E-state index contributed by atoms with van der Waals surface area (Å²) in [5.74, 6) is -0.957. The molecule has 0 radical (unpaired) electrons. The van der Waals surface area contributed by atoms with Gasteiger partial charge >= 0.3 is 5.97 Å². The SMILES string of the molecule is CCn1cc(-c2cnccc2C(=O)O)cn1. The number of rotatable bonds is 3. The van der Waals surface area contributed by atoms with Gasteiger partial charge in [0.25, 0.3) is 0 Å². The molecule has 0 aliphatic carbocycles. The van der Waals surface area contributed by atoms with Crippen LogP contribution in [0.15, 0.2) is 30.9 Å². The Hall–Kier alpha value is -2.17. The second kappa shape index (κ2) is 4.14. The van der Waals surface area contributed by atoms with E-state index in [-0.39, 0.29) is 5.56 Å². The molecule has 0 aliphatic rings. The molecule has 0 fully saturated rings. The Morgan fingerprint density at radius 1 is 1.50 bits per heavy atom. The van der Waals surface area contributed by atoms with Crippen molar-refractivity contribution in [3.8, 4) is 11.1 Å². The van der Waals surface area contributed by atoms with E-state index < -0.39 is 5.97 Å². The van der Waals surface area contributed by atoms with Crippen LogP contribution in [0.5, 0.6) is 0 Å². The molecule has 0 atom stereocenters. The molecule has 5 heteroatoms. The Kier molecular flexibility index (Phi) is 2.68. The van der Waals surface area contributed by atoms with E-state index in [4.69, 9.17) is 5.11 Å². The molecule has 0 saturated carbocycles. The number of hydrogen-bond acceptors (Lipinski definition) is 3. The van der Waals surface area contributed by atoms with Crippen LogP contribution in [-0.2, 0) is 6.54 Å². The Bertz CT molecular complexity index is 519. The summed E-state index contributed by atoms with van der Waals surface area (Å²) in [5, 5.41) is 13.1. The van der Waals surface area contributed by atoms with E-state index in [0.717, 1.165) is 12.1 Å². The van der Waals surface area contributed by atoms with Crippen molar-refractivity contribution in [1.82, 2.24) is 14.8 Å². The Morgan fingerprint density at radius 2 is 2.31 bits per heavy atom. The van der Waals surface area contributed by atoms with E-state index >= 15 is 0 Å². The molecule has 0 amide bonds. The molecule has 2 heterocycles. The van der Waals surface area contributed by atoms with Gasteiger partial charge in [0.05, 0.1) is 11.8 Å². The van der Waals surface area contributed by atoms with Crippen molar-refractivity contribution in [2.45, 2.75) is 13.5 Å². The molecule has 16 heavy (non-hydrogen) atoms. The summed E-state index contributed by atoms with van der Waals surface area (Å²) in [6, 6.07) is 1.49. The van der Waals surface area contributed by atoms with Crippen LogP contribution in [-0.4, -0.2) is 25.8 Å². The first-order valence-corrected chi connectivity index (χ1v) is 4.92. The molecule has 0 bridgehead atoms. The number of carboxylic acids is 1. The largest absolute Gasteiger partial charge is 0.478 e.